The Balaban J connectivity index is 2.31. The largest absolute Gasteiger partial charge is 0.449 e. The van der Waals surface area contributed by atoms with Gasteiger partial charge < -0.3 is 4.74 Å². The summed E-state index contributed by atoms with van der Waals surface area (Å²) in [4.78, 5) is 24.0. The highest BCUT2D eigenvalue weighted by molar-refractivity contribution is 7.12. The second kappa shape index (κ2) is 5.60. The molecule has 0 amide bonds. The maximum absolute atomic E-state index is 12.3. The number of hydrogen-bond acceptors (Lipinski definition) is 4. The summed E-state index contributed by atoms with van der Waals surface area (Å²) in [6.45, 7) is 1.30. The van der Waals surface area contributed by atoms with Crippen molar-refractivity contribution in [1.29, 1.82) is 0 Å². The molecular weight excluding hydrogens is 248 g/mol. The third-order valence-electron chi connectivity index (χ3n) is 2.39. The van der Waals surface area contributed by atoms with Crippen molar-refractivity contribution in [2.75, 3.05) is 0 Å². The first kappa shape index (κ1) is 12.5. The Kier molecular flexibility index (Phi) is 3.89. The Morgan fingerprint density at radius 1 is 1.11 bits per heavy atom. The highest BCUT2D eigenvalue weighted by Crippen LogP contribution is 2.24. The van der Waals surface area contributed by atoms with Crippen molar-refractivity contribution in [3.8, 4) is 0 Å². The summed E-state index contributed by atoms with van der Waals surface area (Å²) in [5.41, 5.74) is 0.686. The highest BCUT2D eigenvalue weighted by Gasteiger charge is 2.25. The molecule has 18 heavy (non-hydrogen) atoms. The smallest absolute Gasteiger partial charge is 0.303 e. The third kappa shape index (κ3) is 2.84. The van der Waals surface area contributed by atoms with Crippen LogP contribution in [0.4, 0.5) is 0 Å². The molecule has 0 bridgehead atoms. The van der Waals surface area contributed by atoms with E-state index < -0.39 is 12.1 Å². The molecule has 1 heterocycles. The fourth-order valence-corrected chi connectivity index (χ4v) is 2.30. The number of thiophene rings is 1. The number of Topliss-reactive ketones (excluding diaryl/α,β-unsaturated/α-hetero) is 1. The molecule has 3 nitrogen and oxygen atoms in total. The summed E-state index contributed by atoms with van der Waals surface area (Å²) < 4.78 is 5.14. The van der Waals surface area contributed by atoms with Crippen molar-refractivity contribution < 1.29 is 14.3 Å². The summed E-state index contributed by atoms with van der Waals surface area (Å²) in [6.07, 6.45) is -0.859. The Morgan fingerprint density at radius 2 is 1.83 bits per heavy atom. The van der Waals surface area contributed by atoms with Gasteiger partial charge in [-0.05, 0) is 11.4 Å². The molecule has 2 aromatic rings. The molecular formula is C14H12O3S. The predicted octanol–water partition coefficient (Wildman–Crippen LogP) is 3.24. The number of carbonyl (C=O) groups is 2. The molecule has 1 unspecified atom stereocenters. The van der Waals surface area contributed by atoms with E-state index in [9.17, 15) is 9.59 Å². The van der Waals surface area contributed by atoms with E-state index >= 15 is 0 Å². The maximum atomic E-state index is 12.3. The Labute approximate surface area is 109 Å². The van der Waals surface area contributed by atoms with Gasteiger partial charge in [0.1, 0.15) is 0 Å². The van der Waals surface area contributed by atoms with Crippen molar-refractivity contribution in [3.63, 3.8) is 0 Å². The zero-order valence-corrected chi connectivity index (χ0v) is 10.6. The van der Waals surface area contributed by atoms with Crippen LogP contribution >= 0.6 is 11.3 Å². The maximum Gasteiger partial charge on any atom is 0.303 e. The van der Waals surface area contributed by atoms with Crippen LogP contribution in [0.5, 0.6) is 0 Å². The molecule has 0 saturated carbocycles. The zero-order valence-electron chi connectivity index (χ0n) is 9.83. The first-order chi connectivity index (χ1) is 8.68. The Bertz CT molecular complexity index is 531. The van der Waals surface area contributed by atoms with Gasteiger partial charge in [0.25, 0.3) is 0 Å². The van der Waals surface area contributed by atoms with Crippen LogP contribution in [0.3, 0.4) is 0 Å². The number of esters is 1. The zero-order chi connectivity index (χ0) is 13.0. The van der Waals surface area contributed by atoms with Crippen LogP contribution in [0.1, 0.15) is 28.3 Å². The minimum Gasteiger partial charge on any atom is -0.449 e. The van der Waals surface area contributed by atoms with Crippen molar-refractivity contribution in [3.05, 3.63) is 58.3 Å². The molecule has 0 aliphatic heterocycles. The molecule has 2 rings (SSSR count). The quantitative estimate of drug-likeness (QED) is 0.626. The van der Waals surface area contributed by atoms with E-state index in [1.54, 1.807) is 24.3 Å². The number of benzene rings is 1. The van der Waals surface area contributed by atoms with Gasteiger partial charge in [-0.15, -0.1) is 11.3 Å². The topological polar surface area (TPSA) is 43.4 Å². The highest BCUT2D eigenvalue weighted by atomic mass is 32.1. The molecule has 1 aromatic heterocycles. The lowest BCUT2D eigenvalue weighted by Crippen LogP contribution is -2.17. The predicted molar refractivity (Wildman–Crippen MR) is 69.6 cm³/mol. The molecule has 1 atom stereocenters. The summed E-state index contributed by atoms with van der Waals surface area (Å²) in [7, 11) is 0. The van der Waals surface area contributed by atoms with E-state index in [2.05, 4.69) is 0 Å². The van der Waals surface area contributed by atoms with E-state index in [1.165, 1.54) is 18.3 Å². The van der Waals surface area contributed by atoms with Crippen LogP contribution in [0, 0.1) is 0 Å². The van der Waals surface area contributed by atoms with Gasteiger partial charge in [-0.2, -0.15) is 0 Å². The summed E-state index contributed by atoms with van der Waals surface area (Å²) in [6, 6.07) is 12.6. The van der Waals surface area contributed by atoms with Gasteiger partial charge in [0.2, 0.25) is 5.78 Å². The van der Waals surface area contributed by atoms with Gasteiger partial charge >= 0.3 is 5.97 Å². The SMILES string of the molecule is CC(=O)OC(C(=O)c1cccs1)c1ccccc1. The lowest BCUT2D eigenvalue weighted by molar-refractivity contribution is -0.144. The fourth-order valence-electron chi connectivity index (χ4n) is 1.61. The lowest BCUT2D eigenvalue weighted by atomic mass is 10.0. The molecule has 92 valence electrons. The average molecular weight is 260 g/mol. The van der Waals surface area contributed by atoms with Gasteiger partial charge in [0.05, 0.1) is 4.88 Å². The van der Waals surface area contributed by atoms with Gasteiger partial charge in [-0.1, -0.05) is 36.4 Å². The Morgan fingerprint density at radius 3 is 2.39 bits per heavy atom. The molecule has 1 aromatic carbocycles. The molecule has 0 aliphatic rings. The first-order valence-electron chi connectivity index (χ1n) is 5.48. The minimum atomic E-state index is -0.859. The van der Waals surface area contributed by atoms with Crippen molar-refractivity contribution >= 4 is 23.1 Å². The first-order valence-corrected chi connectivity index (χ1v) is 6.36. The molecule has 0 saturated heterocycles. The van der Waals surface area contributed by atoms with Gasteiger partial charge in [-0.3, -0.25) is 9.59 Å². The number of ketones is 1. The monoisotopic (exact) mass is 260 g/mol. The van der Waals surface area contributed by atoms with Crippen molar-refractivity contribution in [1.82, 2.24) is 0 Å². The van der Waals surface area contributed by atoms with Crippen LogP contribution in [-0.2, 0) is 9.53 Å². The van der Waals surface area contributed by atoms with E-state index in [-0.39, 0.29) is 5.78 Å². The summed E-state index contributed by atoms with van der Waals surface area (Å²) in [5.74, 6) is -0.653. The van der Waals surface area contributed by atoms with Gasteiger partial charge in [0.15, 0.2) is 6.10 Å². The average Bonchev–Trinajstić information content (AvgIpc) is 2.90. The van der Waals surface area contributed by atoms with Gasteiger partial charge in [0, 0.05) is 12.5 Å². The van der Waals surface area contributed by atoms with Crippen LogP contribution in [-0.4, -0.2) is 11.8 Å². The lowest BCUT2D eigenvalue weighted by Gasteiger charge is -2.15. The van der Waals surface area contributed by atoms with E-state index in [4.69, 9.17) is 4.74 Å². The molecule has 0 fully saturated rings. The van der Waals surface area contributed by atoms with Crippen molar-refractivity contribution in [2.45, 2.75) is 13.0 Å². The summed E-state index contributed by atoms with van der Waals surface area (Å²) in [5, 5.41) is 1.82. The second-order valence-electron chi connectivity index (χ2n) is 3.74. The fraction of sp³-hybridized carbons (Fsp3) is 0.143. The van der Waals surface area contributed by atoms with E-state index in [0.29, 0.717) is 10.4 Å². The standard InChI is InChI=1S/C14H12O3S/c1-10(15)17-14(11-6-3-2-4-7-11)13(16)12-8-5-9-18-12/h2-9,14H,1H3. The molecule has 0 radical (unpaired) electrons. The van der Waals surface area contributed by atoms with Gasteiger partial charge in [-0.25, -0.2) is 0 Å². The molecule has 0 aliphatic carbocycles. The van der Waals surface area contributed by atoms with Crippen LogP contribution in [0.15, 0.2) is 47.8 Å². The molecule has 4 heteroatoms. The van der Waals surface area contributed by atoms with Crippen LogP contribution < -0.4 is 0 Å². The number of rotatable bonds is 4. The third-order valence-corrected chi connectivity index (χ3v) is 3.27. The normalized spacial score (nSPS) is 11.8. The number of carbonyl (C=O) groups excluding carboxylic acids is 2. The Hall–Kier alpha value is -1.94. The van der Waals surface area contributed by atoms with Crippen molar-refractivity contribution in [2.24, 2.45) is 0 Å². The minimum absolute atomic E-state index is 0.189. The number of hydrogen-bond donors (Lipinski definition) is 0. The van der Waals surface area contributed by atoms with Crippen LogP contribution in [0.2, 0.25) is 0 Å². The van der Waals surface area contributed by atoms with E-state index in [0.717, 1.165) is 0 Å². The molecule has 0 spiro atoms. The molecule has 0 N–H and O–H groups in total. The number of ether oxygens (including phenoxy) is 1. The van der Waals surface area contributed by atoms with Crippen LogP contribution in [0.25, 0.3) is 0 Å². The van der Waals surface area contributed by atoms with E-state index in [1.807, 2.05) is 23.6 Å². The second-order valence-corrected chi connectivity index (χ2v) is 4.69. The summed E-state index contributed by atoms with van der Waals surface area (Å²) >= 11 is 1.34.